The molecule has 1 unspecified atom stereocenters. The molecule has 4 heteroatoms. The van der Waals surface area contributed by atoms with Crippen LogP contribution in [0.4, 0.5) is 0 Å². The molecule has 0 bridgehead atoms. The molecule has 1 N–H and O–H groups in total. The minimum Gasteiger partial charge on any atom is -0.327 e. The molecule has 0 radical (unpaired) electrons. The van der Waals surface area contributed by atoms with E-state index in [0.29, 0.717) is 6.67 Å². The minimum atomic E-state index is -0.00160. The Hall–Kier alpha value is -0.220. The Balaban J connectivity index is 2.63. The number of amides is 1. The summed E-state index contributed by atoms with van der Waals surface area (Å²) in [6, 6.07) is -0.00160. The van der Waals surface area contributed by atoms with Crippen LogP contribution in [0.2, 0.25) is 0 Å². The normalized spacial score (nSPS) is 22.5. The van der Waals surface area contributed by atoms with E-state index in [1.54, 1.807) is 0 Å². The second-order valence-corrected chi connectivity index (χ2v) is 5.49. The first-order chi connectivity index (χ1) is 7.08. The van der Waals surface area contributed by atoms with Crippen LogP contribution in [0.5, 0.6) is 0 Å². The lowest BCUT2D eigenvalue weighted by Crippen LogP contribution is -2.41. The summed E-state index contributed by atoms with van der Waals surface area (Å²) in [7, 11) is 0. The molecule has 1 aliphatic heterocycles. The lowest BCUT2D eigenvalue weighted by atomic mass is 10.0. The van der Waals surface area contributed by atoms with Crippen molar-refractivity contribution in [3.8, 4) is 0 Å². The summed E-state index contributed by atoms with van der Waals surface area (Å²) in [5, 5.41) is 3.18. The van der Waals surface area contributed by atoms with Crippen LogP contribution in [0.25, 0.3) is 0 Å². The molecule has 0 spiro atoms. The van der Waals surface area contributed by atoms with Gasteiger partial charge in [-0.3, -0.25) is 10.1 Å². The van der Waals surface area contributed by atoms with Gasteiger partial charge in [-0.05, 0) is 26.0 Å². The Kier molecular flexibility index (Phi) is 4.46. The lowest BCUT2D eigenvalue weighted by Gasteiger charge is -2.33. The van der Waals surface area contributed by atoms with Crippen molar-refractivity contribution >= 4 is 17.7 Å². The molecular weight excluding hydrogens is 208 g/mol. The molecule has 15 heavy (non-hydrogen) atoms. The number of hydrogen-bond donors (Lipinski definition) is 1. The van der Waals surface area contributed by atoms with Crippen molar-refractivity contribution in [3.05, 3.63) is 0 Å². The highest BCUT2D eigenvalue weighted by molar-refractivity contribution is 8.00. The first-order valence-electron chi connectivity index (χ1n) is 5.66. The van der Waals surface area contributed by atoms with Crippen LogP contribution in [0.1, 0.15) is 33.6 Å². The molecule has 1 saturated heterocycles. The molecule has 0 aromatic heterocycles. The monoisotopic (exact) mass is 230 g/mol. The van der Waals surface area contributed by atoms with Crippen molar-refractivity contribution in [2.45, 2.75) is 44.4 Å². The maximum atomic E-state index is 11.8. The average molecular weight is 230 g/mol. The third kappa shape index (κ3) is 2.67. The largest absolute Gasteiger partial charge is 0.327 e. The van der Waals surface area contributed by atoms with E-state index in [0.717, 1.165) is 19.4 Å². The second kappa shape index (κ2) is 5.21. The topological polar surface area (TPSA) is 32.3 Å². The highest BCUT2D eigenvalue weighted by Gasteiger charge is 2.34. The molecule has 1 atom stereocenters. The molecule has 1 heterocycles. The van der Waals surface area contributed by atoms with Crippen LogP contribution in [0, 0.1) is 0 Å². The Labute approximate surface area is 97.0 Å². The van der Waals surface area contributed by atoms with E-state index in [2.05, 4.69) is 25.4 Å². The zero-order valence-electron chi connectivity index (χ0n) is 10.2. The zero-order valence-corrected chi connectivity index (χ0v) is 11.0. The summed E-state index contributed by atoms with van der Waals surface area (Å²) in [6.45, 7) is 7.93. The first-order valence-corrected chi connectivity index (χ1v) is 6.88. The zero-order chi connectivity index (χ0) is 11.5. The lowest BCUT2D eigenvalue weighted by molar-refractivity contribution is -0.128. The Morgan fingerprint density at radius 2 is 2.13 bits per heavy atom. The van der Waals surface area contributed by atoms with Crippen LogP contribution in [0.3, 0.4) is 0 Å². The highest BCUT2D eigenvalue weighted by Crippen LogP contribution is 2.31. The SMILES string of the molecule is CCC(CC)(CN1CNC(C)C1=O)SC. The van der Waals surface area contributed by atoms with E-state index < -0.39 is 0 Å². The van der Waals surface area contributed by atoms with Gasteiger partial charge in [-0.15, -0.1) is 0 Å². The van der Waals surface area contributed by atoms with Crippen molar-refractivity contribution < 1.29 is 4.79 Å². The predicted molar refractivity (Wildman–Crippen MR) is 66.0 cm³/mol. The van der Waals surface area contributed by atoms with Crippen LogP contribution >= 0.6 is 11.8 Å². The molecule has 1 rings (SSSR count). The molecule has 0 saturated carbocycles. The fourth-order valence-electron chi connectivity index (χ4n) is 1.99. The van der Waals surface area contributed by atoms with Gasteiger partial charge in [0.25, 0.3) is 0 Å². The van der Waals surface area contributed by atoms with Gasteiger partial charge in [-0.25, -0.2) is 0 Å². The Morgan fingerprint density at radius 1 is 1.53 bits per heavy atom. The molecule has 88 valence electrons. The van der Waals surface area contributed by atoms with Gasteiger partial charge in [0.2, 0.25) is 5.91 Å². The summed E-state index contributed by atoms with van der Waals surface area (Å²) in [5.74, 6) is 0.246. The summed E-state index contributed by atoms with van der Waals surface area (Å²) >= 11 is 1.89. The van der Waals surface area contributed by atoms with Crippen LogP contribution < -0.4 is 5.32 Å². The number of nitrogens with one attached hydrogen (secondary N) is 1. The number of hydrogen-bond acceptors (Lipinski definition) is 3. The summed E-state index contributed by atoms with van der Waals surface area (Å²) in [6.07, 6.45) is 4.37. The third-order valence-corrected chi connectivity index (χ3v) is 5.04. The van der Waals surface area contributed by atoms with Crippen LogP contribution in [-0.4, -0.2) is 41.1 Å². The smallest absolute Gasteiger partial charge is 0.240 e. The van der Waals surface area contributed by atoms with Crippen molar-refractivity contribution in [1.82, 2.24) is 10.2 Å². The Bertz CT molecular complexity index is 220. The van der Waals surface area contributed by atoms with Crippen molar-refractivity contribution in [2.75, 3.05) is 19.5 Å². The van der Waals surface area contributed by atoms with Crippen molar-refractivity contribution in [1.29, 1.82) is 0 Å². The summed E-state index contributed by atoms with van der Waals surface area (Å²) in [4.78, 5) is 13.7. The van der Waals surface area contributed by atoms with Gasteiger partial charge in [0, 0.05) is 11.3 Å². The van der Waals surface area contributed by atoms with Crippen LogP contribution in [0.15, 0.2) is 0 Å². The van der Waals surface area contributed by atoms with Crippen molar-refractivity contribution in [3.63, 3.8) is 0 Å². The molecule has 0 aromatic rings. The summed E-state index contributed by atoms with van der Waals surface area (Å²) < 4.78 is 0.238. The number of thioether (sulfide) groups is 1. The minimum absolute atomic E-state index is 0.00160. The number of carbonyl (C=O) groups excluding carboxylic acids is 1. The van der Waals surface area contributed by atoms with Gasteiger partial charge in [0.15, 0.2) is 0 Å². The number of carbonyl (C=O) groups is 1. The molecule has 0 aromatic carbocycles. The van der Waals surface area contributed by atoms with E-state index >= 15 is 0 Å². The number of rotatable bonds is 5. The molecule has 3 nitrogen and oxygen atoms in total. The van der Waals surface area contributed by atoms with E-state index in [4.69, 9.17) is 0 Å². The van der Waals surface area contributed by atoms with Gasteiger partial charge >= 0.3 is 0 Å². The quantitative estimate of drug-likeness (QED) is 0.780. The van der Waals surface area contributed by atoms with Crippen molar-refractivity contribution in [2.24, 2.45) is 0 Å². The molecular formula is C11H22N2OS. The molecule has 1 aliphatic rings. The van der Waals surface area contributed by atoms with E-state index in [-0.39, 0.29) is 16.7 Å². The van der Waals surface area contributed by atoms with Gasteiger partial charge in [-0.2, -0.15) is 11.8 Å². The van der Waals surface area contributed by atoms with Gasteiger partial charge in [0.1, 0.15) is 0 Å². The average Bonchev–Trinajstić information content (AvgIpc) is 2.57. The number of nitrogens with zero attached hydrogens (tertiary/aromatic N) is 1. The van der Waals surface area contributed by atoms with Gasteiger partial charge in [0.05, 0.1) is 12.7 Å². The third-order valence-electron chi connectivity index (χ3n) is 3.47. The predicted octanol–water partition coefficient (Wildman–Crippen LogP) is 1.69. The maximum Gasteiger partial charge on any atom is 0.240 e. The van der Waals surface area contributed by atoms with Crippen LogP contribution in [-0.2, 0) is 4.79 Å². The maximum absolute atomic E-state index is 11.8. The van der Waals surface area contributed by atoms with Gasteiger partial charge < -0.3 is 4.90 Å². The van der Waals surface area contributed by atoms with E-state index in [1.165, 1.54) is 0 Å². The van der Waals surface area contributed by atoms with E-state index in [1.807, 2.05) is 23.6 Å². The standard InChI is InChI=1S/C11H22N2OS/c1-5-11(6-2,15-4)7-13-8-12-9(3)10(13)14/h9,12H,5-8H2,1-4H3. The van der Waals surface area contributed by atoms with Gasteiger partial charge in [-0.1, -0.05) is 13.8 Å². The fraction of sp³-hybridized carbons (Fsp3) is 0.909. The highest BCUT2D eigenvalue weighted by atomic mass is 32.2. The fourth-order valence-corrected chi connectivity index (χ4v) is 2.86. The first kappa shape index (κ1) is 12.8. The Morgan fingerprint density at radius 3 is 2.47 bits per heavy atom. The molecule has 1 amide bonds. The summed E-state index contributed by atoms with van der Waals surface area (Å²) in [5.41, 5.74) is 0. The molecule has 0 aliphatic carbocycles. The molecule has 1 fully saturated rings. The van der Waals surface area contributed by atoms with E-state index in [9.17, 15) is 4.79 Å². The second-order valence-electron chi connectivity index (χ2n) is 4.21.